The molecule has 0 radical (unpaired) electrons. The number of rotatable bonds is 6. The highest BCUT2D eigenvalue weighted by molar-refractivity contribution is 5.91. The van der Waals surface area contributed by atoms with Crippen LogP contribution < -0.4 is 20.7 Å². The summed E-state index contributed by atoms with van der Waals surface area (Å²) in [5.41, 5.74) is 3.03. The molecular weight excluding hydrogens is 394 g/mol. The number of aromatic amines is 1. The zero-order valence-electron chi connectivity index (χ0n) is 18.2. The van der Waals surface area contributed by atoms with Crippen molar-refractivity contribution in [2.75, 3.05) is 54.5 Å². The van der Waals surface area contributed by atoms with Crippen LogP contribution in [0, 0.1) is 6.92 Å². The summed E-state index contributed by atoms with van der Waals surface area (Å²) in [6, 6.07) is 8.01. The van der Waals surface area contributed by atoms with Crippen LogP contribution in [-0.4, -0.2) is 55.3 Å². The average molecular weight is 426 g/mol. The maximum absolute atomic E-state index is 12.6. The van der Waals surface area contributed by atoms with Crippen LogP contribution in [0.5, 0.6) is 0 Å². The molecule has 1 aromatic carbocycles. The van der Waals surface area contributed by atoms with E-state index in [0.717, 1.165) is 18.8 Å². The van der Waals surface area contributed by atoms with Gasteiger partial charge in [-0.2, -0.15) is 0 Å². The van der Waals surface area contributed by atoms with Crippen molar-refractivity contribution in [1.29, 1.82) is 0 Å². The summed E-state index contributed by atoms with van der Waals surface area (Å²) >= 11 is 0. The number of hydrogen-bond donors (Lipinski definition) is 2. The molecule has 0 spiro atoms. The molecule has 4 rings (SSSR count). The molecule has 0 saturated carbocycles. The molecule has 1 aromatic heterocycles. The van der Waals surface area contributed by atoms with Gasteiger partial charge in [0.1, 0.15) is 0 Å². The molecule has 2 aromatic rings. The van der Waals surface area contributed by atoms with E-state index in [1.807, 2.05) is 24.0 Å². The van der Waals surface area contributed by atoms with Gasteiger partial charge >= 0.3 is 0 Å². The lowest BCUT2D eigenvalue weighted by molar-refractivity contribution is -0.116. The Morgan fingerprint density at radius 1 is 1.06 bits per heavy atom. The van der Waals surface area contributed by atoms with Crippen molar-refractivity contribution in [2.24, 2.45) is 0 Å². The number of amides is 1. The van der Waals surface area contributed by atoms with E-state index in [-0.39, 0.29) is 17.9 Å². The van der Waals surface area contributed by atoms with Crippen LogP contribution in [0.1, 0.15) is 36.9 Å². The lowest BCUT2D eigenvalue weighted by Crippen LogP contribution is -2.38. The van der Waals surface area contributed by atoms with Crippen molar-refractivity contribution in [3.8, 4) is 0 Å². The number of piperidine rings is 1. The second-order valence-corrected chi connectivity index (χ2v) is 8.20. The van der Waals surface area contributed by atoms with Crippen molar-refractivity contribution in [3.63, 3.8) is 0 Å². The fourth-order valence-corrected chi connectivity index (χ4v) is 4.18. The molecule has 8 heteroatoms. The van der Waals surface area contributed by atoms with Gasteiger partial charge in [0.05, 0.1) is 13.2 Å². The number of ether oxygens (including phenoxy) is 1. The summed E-state index contributed by atoms with van der Waals surface area (Å²) in [5, 5.41) is 2.93. The van der Waals surface area contributed by atoms with E-state index in [1.54, 1.807) is 0 Å². The zero-order chi connectivity index (χ0) is 21.6. The first-order chi connectivity index (χ1) is 15.1. The molecule has 0 atom stereocenters. The number of morpholine rings is 1. The van der Waals surface area contributed by atoms with E-state index in [4.69, 9.17) is 4.74 Å². The van der Waals surface area contributed by atoms with Crippen molar-refractivity contribution in [1.82, 2.24) is 9.97 Å². The van der Waals surface area contributed by atoms with Gasteiger partial charge in [0.25, 0.3) is 5.56 Å². The minimum Gasteiger partial charge on any atom is -0.378 e. The Labute approximate surface area is 182 Å². The number of benzene rings is 1. The second kappa shape index (κ2) is 9.96. The van der Waals surface area contributed by atoms with Gasteiger partial charge in [0.2, 0.25) is 11.9 Å². The van der Waals surface area contributed by atoms with E-state index in [9.17, 15) is 9.59 Å². The highest BCUT2D eigenvalue weighted by Crippen LogP contribution is 2.22. The van der Waals surface area contributed by atoms with Crippen molar-refractivity contribution >= 4 is 23.2 Å². The van der Waals surface area contributed by atoms with Crippen LogP contribution in [0.3, 0.4) is 0 Å². The number of hydrogen-bond acceptors (Lipinski definition) is 6. The van der Waals surface area contributed by atoms with Gasteiger partial charge in [-0.3, -0.25) is 14.6 Å². The van der Waals surface area contributed by atoms with Crippen LogP contribution in [0.4, 0.5) is 17.3 Å². The number of H-pyrrole nitrogens is 1. The number of aryl methyl sites for hydroxylation is 1. The number of nitrogens with zero attached hydrogens (tertiary/aromatic N) is 3. The zero-order valence-corrected chi connectivity index (χ0v) is 18.2. The maximum Gasteiger partial charge on any atom is 0.255 e. The Balaban J connectivity index is 1.32. The second-order valence-electron chi connectivity index (χ2n) is 8.20. The largest absolute Gasteiger partial charge is 0.378 e. The van der Waals surface area contributed by atoms with Crippen LogP contribution in [0.15, 0.2) is 29.1 Å². The van der Waals surface area contributed by atoms with Gasteiger partial charge in [-0.05, 0) is 56.9 Å². The normalized spacial score (nSPS) is 16.9. The molecule has 0 bridgehead atoms. The summed E-state index contributed by atoms with van der Waals surface area (Å²) in [6.07, 6.45) is 4.36. The van der Waals surface area contributed by atoms with Crippen molar-refractivity contribution in [2.45, 2.75) is 39.0 Å². The van der Waals surface area contributed by atoms with Gasteiger partial charge in [0.15, 0.2) is 0 Å². The van der Waals surface area contributed by atoms with Crippen molar-refractivity contribution < 1.29 is 9.53 Å². The first-order valence-electron chi connectivity index (χ1n) is 11.2. The third-order valence-corrected chi connectivity index (χ3v) is 5.99. The smallest absolute Gasteiger partial charge is 0.255 e. The Kier molecular flexibility index (Phi) is 6.86. The first kappa shape index (κ1) is 21.4. The Morgan fingerprint density at radius 2 is 1.77 bits per heavy atom. The van der Waals surface area contributed by atoms with E-state index in [1.165, 1.54) is 24.9 Å². The van der Waals surface area contributed by atoms with Crippen LogP contribution in [0.2, 0.25) is 0 Å². The molecule has 31 heavy (non-hydrogen) atoms. The Morgan fingerprint density at radius 3 is 2.45 bits per heavy atom. The Hall–Kier alpha value is -2.87. The molecule has 8 nitrogen and oxygen atoms in total. The molecule has 166 valence electrons. The number of carbonyl (C=O) groups is 1. The van der Waals surface area contributed by atoms with Gasteiger partial charge < -0.3 is 19.9 Å². The lowest BCUT2D eigenvalue weighted by Gasteiger charge is -2.28. The predicted molar refractivity (Wildman–Crippen MR) is 122 cm³/mol. The molecule has 0 aliphatic carbocycles. The highest BCUT2D eigenvalue weighted by atomic mass is 16.5. The van der Waals surface area contributed by atoms with E-state index >= 15 is 0 Å². The molecule has 2 N–H and O–H groups in total. The lowest BCUT2D eigenvalue weighted by atomic mass is 10.1. The fourth-order valence-electron chi connectivity index (χ4n) is 4.18. The maximum atomic E-state index is 12.6. The van der Waals surface area contributed by atoms with E-state index < -0.39 is 0 Å². The van der Waals surface area contributed by atoms with Crippen LogP contribution in [0.25, 0.3) is 0 Å². The molecule has 0 unspecified atom stereocenters. The minimum atomic E-state index is -0.173. The predicted octanol–water partition coefficient (Wildman–Crippen LogP) is 2.48. The van der Waals surface area contributed by atoms with Gasteiger partial charge in [-0.1, -0.05) is 0 Å². The molecule has 2 aliphatic heterocycles. The summed E-state index contributed by atoms with van der Waals surface area (Å²) in [5.74, 6) is 0.467. The third-order valence-electron chi connectivity index (χ3n) is 5.99. The van der Waals surface area contributed by atoms with Crippen LogP contribution >= 0.6 is 0 Å². The number of anilines is 3. The van der Waals surface area contributed by atoms with Crippen LogP contribution in [-0.2, 0) is 16.0 Å². The monoisotopic (exact) mass is 425 g/mol. The standard InChI is InChI=1S/C23H31N5O3/c1-17-20(22(30)26-23(24-17)28-13-15-31-16-14-28)9-10-21(29)25-18-5-7-19(8-6-18)27-11-3-2-4-12-27/h5-8H,2-4,9-16H2,1H3,(H,25,29)(H,24,26,30). The molecule has 1 amide bonds. The topological polar surface area (TPSA) is 90.6 Å². The van der Waals surface area contributed by atoms with E-state index in [2.05, 4.69) is 32.3 Å². The van der Waals surface area contributed by atoms with Gasteiger partial charge in [-0.15, -0.1) is 0 Å². The number of nitrogens with one attached hydrogen (secondary N) is 2. The number of aromatic nitrogens is 2. The molecular formula is C23H31N5O3. The summed E-state index contributed by atoms with van der Waals surface area (Å²) < 4.78 is 5.35. The van der Waals surface area contributed by atoms with Gasteiger partial charge in [0, 0.05) is 55.2 Å². The highest BCUT2D eigenvalue weighted by Gasteiger charge is 2.17. The quantitative estimate of drug-likeness (QED) is 0.739. The fraction of sp³-hybridized carbons (Fsp3) is 0.522. The summed E-state index contributed by atoms with van der Waals surface area (Å²) in [6.45, 7) is 6.69. The molecule has 2 aliphatic rings. The van der Waals surface area contributed by atoms with Crippen molar-refractivity contribution in [3.05, 3.63) is 45.9 Å². The van der Waals surface area contributed by atoms with E-state index in [0.29, 0.717) is 49.9 Å². The molecule has 2 fully saturated rings. The average Bonchev–Trinajstić information content (AvgIpc) is 2.80. The third kappa shape index (κ3) is 5.44. The molecule has 2 saturated heterocycles. The first-order valence-corrected chi connectivity index (χ1v) is 11.2. The van der Waals surface area contributed by atoms with Gasteiger partial charge in [-0.25, -0.2) is 4.98 Å². The summed E-state index contributed by atoms with van der Waals surface area (Å²) in [7, 11) is 0. The molecule has 3 heterocycles. The summed E-state index contributed by atoms with van der Waals surface area (Å²) in [4.78, 5) is 36.8. The SMILES string of the molecule is Cc1nc(N2CCOCC2)[nH]c(=O)c1CCC(=O)Nc1ccc(N2CCCCC2)cc1. The number of carbonyl (C=O) groups excluding carboxylic acids is 1. The Bertz CT molecular complexity index is 945. The minimum absolute atomic E-state index is 0.109.